The third kappa shape index (κ3) is 5.08. The SMILES string of the molecule is CC(C)CSCc1noc(CNCC2CC2)n1. The summed E-state index contributed by atoms with van der Waals surface area (Å²) in [5.74, 6) is 5.13. The summed E-state index contributed by atoms with van der Waals surface area (Å²) in [5.41, 5.74) is 0. The van der Waals surface area contributed by atoms with Gasteiger partial charge in [-0.15, -0.1) is 0 Å². The molecule has 1 saturated carbocycles. The van der Waals surface area contributed by atoms with Crippen LogP contribution in [-0.2, 0) is 12.3 Å². The van der Waals surface area contributed by atoms with E-state index in [4.69, 9.17) is 4.52 Å². The van der Waals surface area contributed by atoms with Crippen LogP contribution in [0.25, 0.3) is 0 Å². The molecule has 1 aliphatic carbocycles. The number of nitrogens with zero attached hydrogens (tertiary/aromatic N) is 2. The number of hydrogen-bond donors (Lipinski definition) is 1. The third-order valence-corrected chi connectivity index (χ3v) is 3.96. The fraction of sp³-hybridized carbons (Fsp3) is 0.833. The summed E-state index contributed by atoms with van der Waals surface area (Å²) in [6, 6.07) is 0. The molecule has 1 N–H and O–H groups in total. The Kier molecular flexibility index (Phi) is 4.86. The van der Waals surface area contributed by atoms with E-state index in [0.717, 1.165) is 29.8 Å². The molecule has 0 radical (unpaired) electrons. The maximum Gasteiger partial charge on any atom is 0.240 e. The third-order valence-electron chi connectivity index (χ3n) is 2.60. The fourth-order valence-electron chi connectivity index (χ4n) is 1.51. The van der Waals surface area contributed by atoms with Crippen LogP contribution in [0.3, 0.4) is 0 Å². The molecule has 1 heterocycles. The molecule has 0 unspecified atom stereocenters. The van der Waals surface area contributed by atoms with E-state index in [1.807, 2.05) is 11.8 Å². The van der Waals surface area contributed by atoms with Crippen molar-refractivity contribution in [2.45, 2.75) is 39.0 Å². The van der Waals surface area contributed by atoms with Crippen molar-refractivity contribution in [3.63, 3.8) is 0 Å². The van der Waals surface area contributed by atoms with Crippen molar-refractivity contribution in [2.75, 3.05) is 12.3 Å². The van der Waals surface area contributed by atoms with Gasteiger partial charge >= 0.3 is 0 Å². The molecule has 5 heteroatoms. The molecule has 0 bridgehead atoms. The Morgan fingerprint density at radius 3 is 3.00 bits per heavy atom. The molecular weight excluding hydrogens is 234 g/mol. The summed E-state index contributed by atoms with van der Waals surface area (Å²) in [7, 11) is 0. The Labute approximate surface area is 107 Å². The molecular formula is C12H21N3OS. The summed E-state index contributed by atoms with van der Waals surface area (Å²) in [6.45, 7) is 6.23. The van der Waals surface area contributed by atoms with Crippen molar-refractivity contribution in [1.29, 1.82) is 0 Å². The lowest BCUT2D eigenvalue weighted by atomic mass is 10.3. The van der Waals surface area contributed by atoms with Crippen LogP contribution in [0.4, 0.5) is 0 Å². The van der Waals surface area contributed by atoms with Crippen LogP contribution in [-0.4, -0.2) is 22.4 Å². The minimum atomic E-state index is 0.707. The summed E-state index contributed by atoms with van der Waals surface area (Å²) in [5, 5.41) is 7.33. The summed E-state index contributed by atoms with van der Waals surface area (Å²) in [6.07, 6.45) is 2.74. The molecule has 1 aliphatic rings. The van der Waals surface area contributed by atoms with Crippen LogP contribution in [0.2, 0.25) is 0 Å². The maximum atomic E-state index is 5.19. The minimum absolute atomic E-state index is 0.707. The van der Waals surface area contributed by atoms with Crippen LogP contribution in [0.5, 0.6) is 0 Å². The second-order valence-electron chi connectivity index (χ2n) is 5.09. The number of rotatable bonds is 8. The summed E-state index contributed by atoms with van der Waals surface area (Å²) < 4.78 is 5.19. The molecule has 0 spiro atoms. The normalized spacial score (nSPS) is 15.7. The predicted octanol–water partition coefficient (Wildman–Crippen LogP) is 2.46. The van der Waals surface area contributed by atoms with E-state index in [1.54, 1.807) is 0 Å². The molecule has 0 saturated heterocycles. The topological polar surface area (TPSA) is 51.0 Å². The molecule has 4 nitrogen and oxygen atoms in total. The Hall–Kier alpha value is -0.550. The Morgan fingerprint density at radius 2 is 2.29 bits per heavy atom. The van der Waals surface area contributed by atoms with E-state index in [-0.39, 0.29) is 0 Å². The van der Waals surface area contributed by atoms with Gasteiger partial charge in [-0.1, -0.05) is 19.0 Å². The van der Waals surface area contributed by atoms with Gasteiger partial charge < -0.3 is 9.84 Å². The molecule has 1 fully saturated rings. The molecule has 1 aromatic rings. The molecule has 2 rings (SSSR count). The van der Waals surface area contributed by atoms with Gasteiger partial charge in [0.1, 0.15) is 0 Å². The van der Waals surface area contributed by atoms with E-state index >= 15 is 0 Å². The number of aromatic nitrogens is 2. The zero-order valence-electron chi connectivity index (χ0n) is 10.6. The van der Waals surface area contributed by atoms with E-state index in [2.05, 4.69) is 29.3 Å². The lowest BCUT2D eigenvalue weighted by Crippen LogP contribution is -2.16. The van der Waals surface area contributed by atoms with E-state index < -0.39 is 0 Å². The second-order valence-corrected chi connectivity index (χ2v) is 6.12. The zero-order chi connectivity index (χ0) is 12.1. The number of thioether (sulfide) groups is 1. The van der Waals surface area contributed by atoms with E-state index in [0.29, 0.717) is 18.4 Å². The molecule has 0 aliphatic heterocycles. The van der Waals surface area contributed by atoms with Gasteiger partial charge in [0.2, 0.25) is 5.89 Å². The van der Waals surface area contributed by atoms with Gasteiger partial charge in [0.05, 0.1) is 12.3 Å². The van der Waals surface area contributed by atoms with Gasteiger partial charge in [-0.05, 0) is 37.0 Å². The van der Waals surface area contributed by atoms with Crippen molar-refractivity contribution >= 4 is 11.8 Å². The molecule has 0 amide bonds. The van der Waals surface area contributed by atoms with Gasteiger partial charge in [-0.2, -0.15) is 16.7 Å². The van der Waals surface area contributed by atoms with Gasteiger partial charge in [0.25, 0.3) is 0 Å². The Bertz CT molecular complexity index is 314. The van der Waals surface area contributed by atoms with Crippen LogP contribution >= 0.6 is 11.8 Å². The Morgan fingerprint density at radius 1 is 1.47 bits per heavy atom. The Balaban J connectivity index is 1.63. The van der Waals surface area contributed by atoms with Gasteiger partial charge in [0.15, 0.2) is 5.82 Å². The first-order valence-electron chi connectivity index (χ1n) is 6.34. The first-order valence-corrected chi connectivity index (χ1v) is 7.49. The van der Waals surface area contributed by atoms with E-state index in [9.17, 15) is 0 Å². The minimum Gasteiger partial charge on any atom is -0.338 e. The lowest BCUT2D eigenvalue weighted by Gasteiger charge is -2.00. The van der Waals surface area contributed by atoms with Crippen LogP contribution < -0.4 is 5.32 Å². The quantitative estimate of drug-likeness (QED) is 0.773. The number of nitrogens with one attached hydrogen (secondary N) is 1. The highest BCUT2D eigenvalue weighted by molar-refractivity contribution is 7.98. The molecule has 1 aromatic heterocycles. The molecule has 96 valence electrons. The standard InChI is InChI=1S/C12H21N3OS/c1-9(2)7-17-8-11-14-12(16-15-11)6-13-5-10-3-4-10/h9-10,13H,3-8H2,1-2H3. The second kappa shape index (κ2) is 6.40. The van der Waals surface area contributed by atoms with Gasteiger partial charge in [0, 0.05) is 0 Å². The monoisotopic (exact) mass is 255 g/mol. The van der Waals surface area contributed by atoms with Gasteiger partial charge in [-0.3, -0.25) is 0 Å². The predicted molar refractivity (Wildman–Crippen MR) is 69.7 cm³/mol. The number of hydrogen-bond acceptors (Lipinski definition) is 5. The first kappa shape index (κ1) is 12.9. The highest BCUT2D eigenvalue weighted by Crippen LogP contribution is 2.27. The van der Waals surface area contributed by atoms with Crippen molar-refractivity contribution in [1.82, 2.24) is 15.5 Å². The highest BCUT2D eigenvalue weighted by Gasteiger charge is 2.20. The lowest BCUT2D eigenvalue weighted by molar-refractivity contribution is 0.363. The van der Waals surface area contributed by atoms with Crippen LogP contribution in [0.1, 0.15) is 38.4 Å². The van der Waals surface area contributed by atoms with Crippen molar-refractivity contribution in [3.05, 3.63) is 11.7 Å². The largest absolute Gasteiger partial charge is 0.338 e. The highest BCUT2D eigenvalue weighted by atomic mass is 32.2. The maximum absolute atomic E-state index is 5.19. The molecule has 0 aromatic carbocycles. The average molecular weight is 255 g/mol. The smallest absolute Gasteiger partial charge is 0.240 e. The van der Waals surface area contributed by atoms with E-state index in [1.165, 1.54) is 12.8 Å². The average Bonchev–Trinajstić information content (AvgIpc) is 2.98. The summed E-state index contributed by atoms with van der Waals surface area (Å²) >= 11 is 1.86. The zero-order valence-corrected chi connectivity index (χ0v) is 11.4. The van der Waals surface area contributed by atoms with Crippen LogP contribution in [0.15, 0.2) is 4.52 Å². The van der Waals surface area contributed by atoms with Crippen molar-refractivity contribution in [3.8, 4) is 0 Å². The molecule has 0 atom stereocenters. The van der Waals surface area contributed by atoms with Crippen LogP contribution in [0, 0.1) is 11.8 Å². The van der Waals surface area contributed by atoms with Crippen molar-refractivity contribution in [2.24, 2.45) is 11.8 Å². The van der Waals surface area contributed by atoms with Crippen molar-refractivity contribution < 1.29 is 4.52 Å². The fourth-order valence-corrected chi connectivity index (χ4v) is 2.40. The summed E-state index contributed by atoms with van der Waals surface area (Å²) in [4.78, 5) is 4.36. The van der Waals surface area contributed by atoms with Gasteiger partial charge in [-0.25, -0.2) is 0 Å². The molecule has 17 heavy (non-hydrogen) atoms. The first-order chi connectivity index (χ1) is 8.24.